The molecule has 0 aliphatic heterocycles. The highest BCUT2D eigenvalue weighted by Gasteiger charge is 2.40. The number of alkyl halides is 1. The number of benzene rings is 1. The summed E-state index contributed by atoms with van der Waals surface area (Å²) in [6.45, 7) is 0. The summed E-state index contributed by atoms with van der Waals surface area (Å²) in [7, 11) is 1.84. The van der Waals surface area contributed by atoms with Gasteiger partial charge in [-0.3, -0.25) is 0 Å². The molecule has 0 saturated heterocycles. The summed E-state index contributed by atoms with van der Waals surface area (Å²) in [5.74, 6) is 0.541. The van der Waals surface area contributed by atoms with Crippen LogP contribution in [0.15, 0.2) is 29.3 Å². The maximum absolute atomic E-state index is 5.60. The van der Waals surface area contributed by atoms with E-state index >= 15 is 0 Å². The smallest absolute Gasteiger partial charge is 0.386 e. The molecule has 0 amide bonds. The minimum Gasteiger partial charge on any atom is -0.386 e. The Balaban J connectivity index is 3.15. The van der Waals surface area contributed by atoms with Crippen LogP contribution in [0.25, 0.3) is 0 Å². The fraction of sp³-hybridized carbons (Fsp3) is 0.364. The van der Waals surface area contributed by atoms with E-state index in [4.69, 9.17) is 30.6 Å². The van der Waals surface area contributed by atoms with Gasteiger partial charge in [0.05, 0.1) is 11.6 Å². The third-order valence-corrected chi connectivity index (χ3v) is 5.32. The third kappa shape index (κ3) is 3.30. The molecule has 1 rings (SSSR count). The van der Waals surface area contributed by atoms with Gasteiger partial charge >= 0.3 is 8.80 Å². The van der Waals surface area contributed by atoms with E-state index in [0.29, 0.717) is 11.5 Å². The van der Waals surface area contributed by atoms with Crippen LogP contribution in [-0.4, -0.2) is 41.8 Å². The van der Waals surface area contributed by atoms with Gasteiger partial charge in [0.15, 0.2) is 0 Å². The quantitative estimate of drug-likeness (QED) is 0.367. The van der Waals surface area contributed by atoms with Crippen molar-refractivity contribution in [1.82, 2.24) is 0 Å². The summed E-state index contributed by atoms with van der Waals surface area (Å²) in [4.78, 5) is 4.17. The Hall–Kier alpha value is -0.923. The maximum Gasteiger partial charge on any atom is 0.536 e. The third-order valence-electron chi connectivity index (χ3n) is 2.42. The maximum atomic E-state index is 5.60. The molecule has 0 bridgehead atoms. The van der Waals surface area contributed by atoms with E-state index in [1.165, 1.54) is 0 Å². The van der Waals surface area contributed by atoms with Gasteiger partial charge in [0.1, 0.15) is 5.84 Å². The molecule has 0 aliphatic rings. The van der Waals surface area contributed by atoms with Gasteiger partial charge in [-0.05, 0) is 12.1 Å². The Bertz CT molecular complexity index is 416. The lowest BCUT2D eigenvalue weighted by Crippen LogP contribution is -2.54. The Morgan fingerprint density at radius 2 is 1.89 bits per heavy atom. The zero-order valence-corrected chi connectivity index (χ0v) is 12.4. The summed E-state index contributed by atoms with van der Waals surface area (Å²) in [6, 6.07) is 7.36. The minimum atomic E-state index is -2.83. The summed E-state index contributed by atoms with van der Waals surface area (Å²) >= 11 is 5.59. The van der Waals surface area contributed by atoms with Crippen molar-refractivity contribution in [2.24, 2.45) is 10.7 Å². The predicted molar refractivity (Wildman–Crippen MR) is 74.9 cm³/mol. The van der Waals surface area contributed by atoms with E-state index in [1.807, 2.05) is 24.3 Å². The molecular formula is C11H17ClN2O3Si. The lowest BCUT2D eigenvalue weighted by atomic mass is 10.3. The van der Waals surface area contributed by atoms with Crippen molar-refractivity contribution < 1.29 is 13.3 Å². The highest BCUT2D eigenvalue weighted by atomic mass is 35.5. The van der Waals surface area contributed by atoms with E-state index in [0.717, 1.165) is 5.19 Å². The van der Waals surface area contributed by atoms with Gasteiger partial charge in [-0.15, -0.1) is 11.6 Å². The van der Waals surface area contributed by atoms with Crippen LogP contribution in [0, 0.1) is 0 Å². The zero-order chi connectivity index (χ0) is 13.6. The number of amidine groups is 1. The average Bonchev–Trinajstić information content (AvgIpc) is 2.42. The number of hydrogen-bond acceptors (Lipinski definition) is 4. The molecular weight excluding hydrogens is 272 g/mol. The van der Waals surface area contributed by atoms with E-state index in [9.17, 15) is 0 Å². The fourth-order valence-electron chi connectivity index (χ4n) is 1.57. The van der Waals surface area contributed by atoms with Crippen LogP contribution in [0.1, 0.15) is 0 Å². The van der Waals surface area contributed by atoms with Gasteiger partial charge in [-0.25, -0.2) is 4.99 Å². The molecule has 0 unspecified atom stereocenters. The molecule has 0 heterocycles. The van der Waals surface area contributed by atoms with Gasteiger partial charge in [0.25, 0.3) is 0 Å². The van der Waals surface area contributed by atoms with Gasteiger partial charge in [0.2, 0.25) is 0 Å². The van der Waals surface area contributed by atoms with Gasteiger partial charge in [-0.1, -0.05) is 12.1 Å². The van der Waals surface area contributed by atoms with Crippen LogP contribution in [0.4, 0.5) is 5.69 Å². The number of aliphatic imine (C=N–C) groups is 1. The van der Waals surface area contributed by atoms with E-state index in [2.05, 4.69) is 4.99 Å². The van der Waals surface area contributed by atoms with Crippen LogP contribution < -0.4 is 10.9 Å². The first-order valence-corrected chi connectivity index (χ1v) is 7.52. The molecule has 0 radical (unpaired) electrons. The Labute approximate surface area is 113 Å². The number of rotatable bonds is 6. The molecule has 5 nitrogen and oxygen atoms in total. The molecule has 1 aromatic carbocycles. The van der Waals surface area contributed by atoms with Gasteiger partial charge in [-0.2, -0.15) is 0 Å². The Morgan fingerprint density at radius 3 is 2.39 bits per heavy atom. The summed E-state index contributed by atoms with van der Waals surface area (Å²) in [5, 5.41) is 0.818. The molecule has 100 valence electrons. The standard InChI is InChI=1S/C11H17ClN2O3Si/c1-15-18(16-2,17-3)10-6-4-5-9(7-10)14-11(13)8-12/h4-7H,8H2,1-3H3,(H2,13,14). The second-order valence-electron chi connectivity index (χ2n) is 3.46. The van der Waals surface area contributed by atoms with Crippen molar-refractivity contribution in [3.63, 3.8) is 0 Å². The molecule has 0 aromatic heterocycles. The number of nitrogens with two attached hydrogens (primary N) is 1. The summed E-state index contributed by atoms with van der Waals surface area (Å²) in [5.41, 5.74) is 6.29. The van der Waals surface area contributed by atoms with Crippen LogP contribution in [0.3, 0.4) is 0 Å². The fourth-order valence-corrected chi connectivity index (χ4v) is 3.46. The molecule has 7 heteroatoms. The first-order valence-electron chi connectivity index (χ1n) is 5.27. The van der Waals surface area contributed by atoms with Crippen molar-refractivity contribution in [1.29, 1.82) is 0 Å². The predicted octanol–water partition coefficient (Wildman–Crippen LogP) is 0.999. The van der Waals surface area contributed by atoms with Crippen LogP contribution in [0.2, 0.25) is 0 Å². The van der Waals surface area contributed by atoms with Crippen molar-refractivity contribution in [2.45, 2.75) is 0 Å². The average molecular weight is 289 g/mol. The summed E-state index contributed by atoms with van der Waals surface area (Å²) in [6.07, 6.45) is 0. The largest absolute Gasteiger partial charge is 0.536 e. The van der Waals surface area contributed by atoms with Gasteiger partial charge < -0.3 is 19.0 Å². The normalized spacial score (nSPS) is 12.8. The molecule has 1 aromatic rings. The molecule has 2 N–H and O–H groups in total. The van der Waals surface area contributed by atoms with Crippen LogP contribution >= 0.6 is 11.6 Å². The molecule has 0 atom stereocenters. The lowest BCUT2D eigenvalue weighted by Gasteiger charge is -2.24. The minimum absolute atomic E-state index is 0.186. The van der Waals surface area contributed by atoms with Crippen LogP contribution in [0.5, 0.6) is 0 Å². The molecule has 0 saturated carbocycles. The SMILES string of the molecule is CO[Si](OC)(OC)c1cccc(N=C(N)CCl)c1. The van der Waals surface area contributed by atoms with Crippen molar-refractivity contribution in [2.75, 3.05) is 27.2 Å². The zero-order valence-electron chi connectivity index (χ0n) is 10.6. The van der Waals surface area contributed by atoms with E-state index in [1.54, 1.807) is 21.3 Å². The Morgan fingerprint density at radius 1 is 1.28 bits per heavy atom. The second-order valence-corrected chi connectivity index (χ2v) is 6.64. The number of hydrogen-bond donors (Lipinski definition) is 1. The number of halogens is 1. The first-order chi connectivity index (χ1) is 8.61. The monoisotopic (exact) mass is 288 g/mol. The van der Waals surface area contributed by atoms with E-state index in [-0.39, 0.29) is 5.88 Å². The van der Waals surface area contributed by atoms with Crippen LogP contribution in [-0.2, 0) is 13.3 Å². The summed E-state index contributed by atoms with van der Waals surface area (Å²) < 4.78 is 16.2. The first kappa shape index (κ1) is 15.1. The Kier molecular flexibility index (Phi) is 5.77. The topological polar surface area (TPSA) is 66.1 Å². The lowest BCUT2D eigenvalue weighted by molar-refractivity contribution is 0.140. The van der Waals surface area contributed by atoms with Crippen molar-refractivity contribution in [3.05, 3.63) is 24.3 Å². The second kappa shape index (κ2) is 6.86. The number of nitrogens with zero attached hydrogens (tertiary/aromatic N) is 1. The highest BCUT2D eigenvalue weighted by Crippen LogP contribution is 2.14. The van der Waals surface area contributed by atoms with E-state index < -0.39 is 8.80 Å². The molecule has 0 aliphatic carbocycles. The molecule has 0 fully saturated rings. The molecule has 0 spiro atoms. The van der Waals surface area contributed by atoms with Gasteiger partial charge in [0, 0.05) is 26.5 Å². The molecule has 18 heavy (non-hydrogen) atoms. The highest BCUT2D eigenvalue weighted by molar-refractivity contribution is 6.75. The van der Waals surface area contributed by atoms with Crippen molar-refractivity contribution in [3.8, 4) is 0 Å². The van der Waals surface area contributed by atoms with Crippen molar-refractivity contribution >= 4 is 37.1 Å².